The highest BCUT2D eigenvalue weighted by atomic mass is 16.3. The van der Waals surface area contributed by atoms with Crippen LogP contribution in [0.2, 0.25) is 0 Å². The van der Waals surface area contributed by atoms with Crippen LogP contribution >= 0.6 is 0 Å². The van der Waals surface area contributed by atoms with Crippen LogP contribution in [0.3, 0.4) is 0 Å². The summed E-state index contributed by atoms with van der Waals surface area (Å²) in [5.74, 6) is 1.89. The number of hydrogen-bond acceptors (Lipinski definition) is 2. The van der Waals surface area contributed by atoms with Crippen molar-refractivity contribution in [1.82, 2.24) is 0 Å². The van der Waals surface area contributed by atoms with Crippen molar-refractivity contribution in [2.45, 2.75) is 142 Å². The highest BCUT2D eigenvalue weighted by molar-refractivity contribution is 5.46. The molecule has 0 bridgehead atoms. The van der Waals surface area contributed by atoms with E-state index >= 15 is 0 Å². The molecule has 2 N–H and O–H groups in total. The molecule has 0 aromatic rings. The molecule has 1 fully saturated rings. The summed E-state index contributed by atoms with van der Waals surface area (Å²) in [6.45, 7) is 31.1. The first-order valence-electron chi connectivity index (χ1n) is 15.7. The van der Waals surface area contributed by atoms with Crippen molar-refractivity contribution in [3.05, 3.63) is 57.9 Å². The van der Waals surface area contributed by atoms with Gasteiger partial charge in [0.25, 0.3) is 0 Å². The maximum absolute atomic E-state index is 11.1. The zero-order valence-corrected chi connectivity index (χ0v) is 28.9. The number of aliphatic hydroxyl groups is 2. The predicted octanol–water partition coefficient (Wildman–Crippen LogP) is 11.9. The molecular weight excluding hydrogens is 476 g/mol. The van der Waals surface area contributed by atoms with Crippen LogP contribution in [0.25, 0.3) is 0 Å². The Labute approximate surface area is 245 Å². The summed E-state index contributed by atoms with van der Waals surface area (Å²) in [4.78, 5) is 0. The SMILES string of the molecule is CC.CCCCC(=C/C(=C(\C)O)C(C(=C/C(C)CC)/C(C)=C(\C)CC(C)(C)C)C1CC1)/C=C/C(C)(C)C.CO. The first-order valence-corrected chi connectivity index (χ1v) is 15.7. The second-order valence-corrected chi connectivity index (χ2v) is 13.5. The first kappa shape index (κ1) is 39.6. The Hall–Kier alpha value is -1.54. The Morgan fingerprint density at radius 3 is 1.87 bits per heavy atom. The van der Waals surface area contributed by atoms with Gasteiger partial charge >= 0.3 is 0 Å². The van der Waals surface area contributed by atoms with E-state index in [0.717, 1.165) is 31.9 Å². The van der Waals surface area contributed by atoms with Gasteiger partial charge in [0.15, 0.2) is 0 Å². The van der Waals surface area contributed by atoms with Gasteiger partial charge in [-0.3, -0.25) is 0 Å². The van der Waals surface area contributed by atoms with Gasteiger partial charge < -0.3 is 10.2 Å². The summed E-state index contributed by atoms with van der Waals surface area (Å²) >= 11 is 0. The van der Waals surface area contributed by atoms with Gasteiger partial charge in [-0.1, -0.05) is 119 Å². The van der Waals surface area contributed by atoms with Crippen LogP contribution in [0.4, 0.5) is 0 Å². The van der Waals surface area contributed by atoms with Crippen LogP contribution in [0.5, 0.6) is 0 Å². The summed E-state index contributed by atoms with van der Waals surface area (Å²) in [5, 5.41) is 18.1. The quantitative estimate of drug-likeness (QED) is 0.189. The summed E-state index contributed by atoms with van der Waals surface area (Å²) < 4.78 is 0. The third-order valence-electron chi connectivity index (χ3n) is 7.12. The molecule has 1 saturated carbocycles. The Bertz CT molecular complexity index is 826. The fourth-order valence-corrected chi connectivity index (χ4v) is 4.73. The molecule has 0 aliphatic heterocycles. The van der Waals surface area contributed by atoms with E-state index in [-0.39, 0.29) is 16.7 Å². The standard InChI is InChI=1S/C34H58O.C2H6.CH4O/c1-13-15-16-28(19-20-33(7,8)9)22-31(27(6)35)32(29-17-18-29)30(21-24(3)14-2)26(5)25(4)23-34(10,11)12;2*1-2/h19-22,24,29,32,35H,13-18,23H2,1-12H3;1-2H3;2H,1H3/b20-19+,26-25+,28-22-,30-21+,31-27-;;. The molecule has 0 spiro atoms. The number of rotatable bonds is 12. The number of unbranched alkanes of at least 4 members (excludes halogenated alkanes) is 1. The molecule has 1 aliphatic rings. The molecule has 0 amide bonds. The second-order valence-electron chi connectivity index (χ2n) is 13.5. The van der Waals surface area contributed by atoms with Gasteiger partial charge in [-0.25, -0.2) is 0 Å². The van der Waals surface area contributed by atoms with Gasteiger partial charge in [-0.15, -0.1) is 0 Å². The van der Waals surface area contributed by atoms with E-state index in [1.165, 1.54) is 48.0 Å². The van der Waals surface area contributed by atoms with E-state index < -0.39 is 0 Å². The zero-order valence-electron chi connectivity index (χ0n) is 28.9. The second kappa shape index (κ2) is 19.5. The highest BCUT2D eigenvalue weighted by Gasteiger charge is 2.37. The zero-order chi connectivity index (χ0) is 31.0. The van der Waals surface area contributed by atoms with E-state index in [9.17, 15) is 5.11 Å². The lowest BCUT2D eigenvalue weighted by molar-refractivity contribution is 0.396. The fourth-order valence-electron chi connectivity index (χ4n) is 4.73. The van der Waals surface area contributed by atoms with Crippen LogP contribution in [-0.2, 0) is 0 Å². The van der Waals surface area contributed by atoms with Gasteiger partial charge in [-0.05, 0) is 97.8 Å². The van der Waals surface area contributed by atoms with Crippen LogP contribution in [0.15, 0.2) is 57.9 Å². The average Bonchev–Trinajstić information content (AvgIpc) is 3.69. The Morgan fingerprint density at radius 2 is 1.49 bits per heavy atom. The monoisotopic (exact) mass is 545 g/mol. The average molecular weight is 545 g/mol. The molecule has 2 nitrogen and oxygen atoms in total. The third kappa shape index (κ3) is 17.0. The topological polar surface area (TPSA) is 40.5 Å². The molecule has 39 heavy (non-hydrogen) atoms. The lowest BCUT2D eigenvalue weighted by atomic mass is 9.77. The van der Waals surface area contributed by atoms with Crippen LogP contribution in [0.1, 0.15) is 142 Å². The summed E-state index contributed by atoms with van der Waals surface area (Å²) in [5.41, 5.74) is 7.25. The Balaban J connectivity index is 0. The minimum Gasteiger partial charge on any atom is -0.512 e. The van der Waals surface area contributed by atoms with Gasteiger partial charge in [-0.2, -0.15) is 0 Å². The molecule has 0 heterocycles. The summed E-state index contributed by atoms with van der Waals surface area (Å²) in [7, 11) is 1.00. The molecule has 2 unspecified atom stereocenters. The normalized spacial score (nSPS) is 17.8. The van der Waals surface area contributed by atoms with E-state index in [2.05, 4.69) is 100 Å². The number of aliphatic hydroxyl groups excluding tert-OH is 2. The van der Waals surface area contributed by atoms with Gasteiger partial charge in [0.1, 0.15) is 0 Å². The van der Waals surface area contributed by atoms with Crippen molar-refractivity contribution >= 4 is 0 Å². The van der Waals surface area contributed by atoms with Crippen molar-refractivity contribution in [3.63, 3.8) is 0 Å². The van der Waals surface area contributed by atoms with Gasteiger partial charge in [0, 0.05) is 13.0 Å². The minimum atomic E-state index is 0.143. The molecule has 2 atom stereocenters. The maximum Gasteiger partial charge on any atom is 0.0930 e. The van der Waals surface area contributed by atoms with Gasteiger partial charge in [0.2, 0.25) is 0 Å². The molecule has 228 valence electrons. The van der Waals surface area contributed by atoms with Crippen molar-refractivity contribution in [2.75, 3.05) is 7.11 Å². The lowest BCUT2D eigenvalue weighted by Gasteiger charge is -2.28. The van der Waals surface area contributed by atoms with Crippen molar-refractivity contribution in [3.8, 4) is 0 Å². The Kier molecular flexibility index (Phi) is 19.8. The van der Waals surface area contributed by atoms with E-state index in [4.69, 9.17) is 5.11 Å². The van der Waals surface area contributed by atoms with E-state index in [1.807, 2.05) is 20.8 Å². The van der Waals surface area contributed by atoms with Crippen LogP contribution in [-0.4, -0.2) is 17.3 Å². The lowest BCUT2D eigenvalue weighted by Crippen LogP contribution is -2.16. The smallest absolute Gasteiger partial charge is 0.0930 e. The van der Waals surface area contributed by atoms with Crippen LogP contribution < -0.4 is 0 Å². The molecule has 0 saturated heterocycles. The fraction of sp³-hybridized carbons (Fsp3) is 0.730. The first-order chi connectivity index (χ1) is 18.1. The van der Waals surface area contributed by atoms with Gasteiger partial charge in [0.05, 0.1) is 5.76 Å². The molecule has 0 aromatic heterocycles. The van der Waals surface area contributed by atoms with E-state index in [0.29, 0.717) is 17.6 Å². The predicted molar refractivity (Wildman–Crippen MR) is 177 cm³/mol. The highest BCUT2D eigenvalue weighted by Crippen LogP contribution is 2.48. The number of allylic oxidation sites excluding steroid dienone is 10. The largest absolute Gasteiger partial charge is 0.512 e. The molecule has 2 heteroatoms. The van der Waals surface area contributed by atoms with Crippen LogP contribution in [0, 0.1) is 28.6 Å². The molecular formula is C37H68O2. The molecule has 0 radical (unpaired) electrons. The van der Waals surface area contributed by atoms with Crippen molar-refractivity contribution in [2.24, 2.45) is 28.6 Å². The molecule has 1 rings (SSSR count). The molecule has 0 aromatic carbocycles. The minimum absolute atomic E-state index is 0.143. The number of hydrogen-bond donors (Lipinski definition) is 2. The van der Waals surface area contributed by atoms with E-state index in [1.54, 1.807) is 0 Å². The van der Waals surface area contributed by atoms with Crippen molar-refractivity contribution < 1.29 is 10.2 Å². The summed E-state index contributed by atoms with van der Waals surface area (Å²) in [6.07, 6.45) is 17.6. The maximum atomic E-state index is 11.1. The molecule has 1 aliphatic carbocycles. The Morgan fingerprint density at radius 1 is 0.949 bits per heavy atom. The third-order valence-corrected chi connectivity index (χ3v) is 7.12. The van der Waals surface area contributed by atoms with Crippen molar-refractivity contribution in [1.29, 1.82) is 0 Å². The summed E-state index contributed by atoms with van der Waals surface area (Å²) in [6, 6.07) is 0.